The number of carboxylic acids is 1. The van der Waals surface area contributed by atoms with E-state index >= 15 is 0 Å². The van der Waals surface area contributed by atoms with Gasteiger partial charge in [-0.3, -0.25) is 14.4 Å². The first kappa shape index (κ1) is 26.5. The summed E-state index contributed by atoms with van der Waals surface area (Å²) >= 11 is 0. The Morgan fingerprint density at radius 3 is 2.36 bits per heavy atom. The zero-order valence-electron chi connectivity index (χ0n) is 20.4. The molecule has 0 radical (unpaired) electrons. The van der Waals surface area contributed by atoms with E-state index < -0.39 is 11.9 Å². The minimum atomic E-state index is -0.792. The van der Waals surface area contributed by atoms with Crippen molar-refractivity contribution in [3.63, 3.8) is 0 Å². The fourth-order valence-electron chi connectivity index (χ4n) is 3.77. The highest BCUT2D eigenvalue weighted by atomic mass is 16.5. The maximum absolute atomic E-state index is 11.8. The van der Waals surface area contributed by atoms with Crippen LogP contribution in [0.4, 0.5) is 5.69 Å². The molecular formula is C29H31NO6. The molecule has 3 aromatic rings. The third kappa shape index (κ3) is 7.98. The number of unbranched alkanes of at least 4 members (excludes halogenated alkanes) is 3. The van der Waals surface area contributed by atoms with Crippen molar-refractivity contribution in [2.45, 2.75) is 45.4 Å². The number of anilines is 1. The average molecular weight is 490 g/mol. The summed E-state index contributed by atoms with van der Waals surface area (Å²) in [4.78, 5) is 33.3. The molecular weight excluding hydrogens is 458 g/mol. The predicted octanol–water partition coefficient (Wildman–Crippen LogP) is 6.26. The van der Waals surface area contributed by atoms with Crippen molar-refractivity contribution in [3.05, 3.63) is 72.3 Å². The van der Waals surface area contributed by atoms with E-state index in [-0.39, 0.29) is 12.7 Å². The molecule has 0 aliphatic carbocycles. The number of carbonyl (C=O) groups excluding carboxylic acids is 2. The quantitative estimate of drug-likeness (QED) is 0.157. The van der Waals surface area contributed by atoms with Crippen LogP contribution in [-0.2, 0) is 20.8 Å². The molecule has 2 N–H and O–H groups in total. The van der Waals surface area contributed by atoms with Crippen LogP contribution in [0.3, 0.4) is 0 Å². The second-order valence-corrected chi connectivity index (χ2v) is 8.32. The Morgan fingerprint density at radius 1 is 0.889 bits per heavy atom. The number of rotatable bonds is 14. The van der Waals surface area contributed by atoms with Gasteiger partial charge in [0.05, 0.1) is 12.3 Å². The van der Waals surface area contributed by atoms with Crippen molar-refractivity contribution >= 4 is 23.9 Å². The summed E-state index contributed by atoms with van der Waals surface area (Å²) in [7, 11) is 0. The maximum Gasteiger partial charge on any atom is 0.303 e. The first-order chi connectivity index (χ1) is 17.5. The summed E-state index contributed by atoms with van der Waals surface area (Å²) in [6.45, 7) is 2.36. The topological polar surface area (TPSA) is 102 Å². The molecule has 0 aromatic heterocycles. The highest BCUT2D eigenvalue weighted by Crippen LogP contribution is 2.37. The summed E-state index contributed by atoms with van der Waals surface area (Å²) in [5.41, 5.74) is 3.36. The van der Waals surface area contributed by atoms with Crippen LogP contribution in [0.5, 0.6) is 17.2 Å². The fraction of sp³-hybridized carbons (Fsp3) is 0.276. The van der Waals surface area contributed by atoms with Crippen LogP contribution in [-0.4, -0.2) is 29.9 Å². The lowest BCUT2D eigenvalue weighted by Gasteiger charge is -2.17. The van der Waals surface area contributed by atoms with Crippen LogP contribution in [0, 0.1) is 0 Å². The molecule has 1 amide bonds. The van der Waals surface area contributed by atoms with Gasteiger partial charge in [-0.2, -0.15) is 0 Å². The van der Waals surface area contributed by atoms with E-state index in [1.165, 1.54) is 0 Å². The molecule has 0 spiro atoms. The number of benzene rings is 3. The summed E-state index contributed by atoms with van der Waals surface area (Å²) in [5, 5.41) is 11.3. The van der Waals surface area contributed by atoms with Crippen molar-refractivity contribution in [1.82, 2.24) is 0 Å². The second kappa shape index (κ2) is 13.7. The molecule has 0 saturated heterocycles. The number of carbonyl (C=O) groups is 3. The van der Waals surface area contributed by atoms with Crippen LogP contribution in [0.25, 0.3) is 11.1 Å². The van der Waals surface area contributed by atoms with Gasteiger partial charge >= 0.3 is 5.97 Å². The van der Waals surface area contributed by atoms with Gasteiger partial charge in [0, 0.05) is 12.5 Å². The fourth-order valence-corrected chi connectivity index (χ4v) is 3.77. The molecule has 3 aromatic carbocycles. The molecule has 36 heavy (non-hydrogen) atoms. The number of ether oxygens (including phenoxy) is 2. The molecule has 188 valence electrons. The lowest BCUT2D eigenvalue weighted by Crippen LogP contribution is -2.14. The summed E-state index contributed by atoms with van der Waals surface area (Å²) in [6, 6.07) is 21.3. The number of nitrogens with one attached hydrogen (secondary N) is 1. The van der Waals surface area contributed by atoms with Crippen molar-refractivity contribution in [3.8, 4) is 28.4 Å². The number of amides is 1. The number of aldehydes is 1. The standard InChI is InChI=1S/C29H31NO6/c1-2-21-18-25(30-28(32)20-31)27(35-16-9-4-3-8-15-29(33)34)19-26(21)36-24-14-10-13-23(17-24)22-11-6-5-7-12-22/h5-7,10-14,17-20H,2-4,8-9,15-16H2,1H3,(H,30,32)(H,33,34). The van der Waals surface area contributed by atoms with Gasteiger partial charge in [0.15, 0.2) is 0 Å². The molecule has 0 fully saturated rings. The molecule has 0 heterocycles. The minimum Gasteiger partial charge on any atom is -0.491 e. The zero-order valence-corrected chi connectivity index (χ0v) is 20.4. The summed E-state index contributed by atoms with van der Waals surface area (Å²) in [5.74, 6) is 0.116. The first-order valence-corrected chi connectivity index (χ1v) is 12.1. The van der Waals surface area contributed by atoms with Crippen LogP contribution in [0.1, 0.15) is 44.6 Å². The normalized spacial score (nSPS) is 10.5. The Kier molecular flexibility index (Phi) is 10.1. The largest absolute Gasteiger partial charge is 0.491 e. The monoisotopic (exact) mass is 489 g/mol. The SMILES string of the molecule is CCc1cc(NC(=O)C=O)c(OCCCCCCC(=O)O)cc1Oc1cccc(-c2ccccc2)c1. The van der Waals surface area contributed by atoms with E-state index in [1.807, 2.05) is 61.5 Å². The lowest BCUT2D eigenvalue weighted by atomic mass is 10.1. The summed E-state index contributed by atoms with van der Waals surface area (Å²) < 4.78 is 12.2. The highest BCUT2D eigenvalue weighted by molar-refractivity contribution is 6.29. The van der Waals surface area contributed by atoms with Gasteiger partial charge in [-0.15, -0.1) is 0 Å². The number of aliphatic carboxylic acids is 1. The van der Waals surface area contributed by atoms with E-state index in [0.29, 0.717) is 42.4 Å². The molecule has 7 nitrogen and oxygen atoms in total. The minimum absolute atomic E-state index is 0.160. The Morgan fingerprint density at radius 2 is 1.64 bits per heavy atom. The van der Waals surface area contributed by atoms with Crippen molar-refractivity contribution in [2.75, 3.05) is 11.9 Å². The van der Waals surface area contributed by atoms with E-state index in [1.54, 1.807) is 12.1 Å². The Balaban J connectivity index is 1.78. The van der Waals surface area contributed by atoms with Crippen molar-refractivity contribution in [1.29, 1.82) is 0 Å². The lowest BCUT2D eigenvalue weighted by molar-refractivity contribution is -0.137. The molecule has 0 atom stereocenters. The predicted molar refractivity (Wildman–Crippen MR) is 139 cm³/mol. The van der Waals surface area contributed by atoms with Crippen LogP contribution in [0.15, 0.2) is 66.7 Å². The highest BCUT2D eigenvalue weighted by Gasteiger charge is 2.15. The molecule has 7 heteroatoms. The van der Waals surface area contributed by atoms with Crippen LogP contribution < -0.4 is 14.8 Å². The van der Waals surface area contributed by atoms with Gasteiger partial charge in [0.2, 0.25) is 6.29 Å². The van der Waals surface area contributed by atoms with E-state index in [2.05, 4.69) is 5.32 Å². The Hall–Kier alpha value is -4.13. The Bertz CT molecular complexity index is 1180. The van der Waals surface area contributed by atoms with Gasteiger partial charge in [-0.05, 0) is 54.2 Å². The van der Waals surface area contributed by atoms with Gasteiger partial charge in [-0.25, -0.2) is 0 Å². The van der Waals surface area contributed by atoms with E-state index in [9.17, 15) is 14.4 Å². The zero-order chi connectivity index (χ0) is 25.8. The van der Waals surface area contributed by atoms with Gasteiger partial charge < -0.3 is 19.9 Å². The van der Waals surface area contributed by atoms with Crippen molar-refractivity contribution < 1.29 is 29.0 Å². The van der Waals surface area contributed by atoms with Gasteiger partial charge in [0.1, 0.15) is 17.2 Å². The average Bonchev–Trinajstić information content (AvgIpc) is 2.89. The molecule has 0 unspecified atom stereocenters. The number of hydrogen-bond acceptors (Lipinski definition) is 5. The molecule has 3 rings (SSSR count). The van der Waals surface area contributed by atoms with Crippen LogP contribution in [0.2, 0.25) is 0 Å². The van der Waals surface area contributed by atoms with Gasteiger partial charge in [-0.1, -0.05) is 62.2 Å². The molecule has 0 bridgehead atoms. The van der Waals surface area contributed by atoms with E-state index in [4.69, 9.17) is 14.6 Å². The Labute approximate surface area is 211 Å². The second-order valence-electron chi connectivity index (χ2n) is 8.32. The van der Waals surface area contributed by atoms with Crippen molar-refractivity contribution in [2.24, 2.45) is 0 Å². The molecule has 0 saturated carbocycles. The number of aryl methyl sites for hydroxylation is 1. The molecule has 0 aliphatic heterocycles. The third-order valence-electron chi connectivity index (χ3n) is 5.62. The third-order valence-corrected chi connectivity index (χ3v) is 5.62. The number of hydrogen-bond donors (Lipinski definition) is 2. The summed E-state index contributed by atoms with van der Waals surface area (Å²) in [6.07, 6.45) is 4.00. The van der Waals surface area contributed by atoms with Gasteiger partial charge in [0.25, 0.3) is 5.91 Å². The number of carboxylic acid groups (broad SMARTS) is 1. The maximum atomic E-state index is 11.8. The van der Waals surface area contributed by atoms with E-state index in [0.717, 1.165) is 36.0 Å². The first-order valence-electron chi connectivity index (χ1n) is 12.1. The smallest absolute Gasteiger partial charge is 0.303 e. The molecule has 0 aliphatic rings. The van der Waals surface area contributed by atoms with Crippen LogP contribution >= 0.6 is 0 Å².